The quantitative estimate of drug-likeness (QED) is 0.715. The van der Waals surface area contributed by atoms with Crippen molar-refractivity contribution in [1.29, 1.82) is 0 Å². The van der Waals surface area contributed by atoms with E-state index in [1.54, 1.807) is 0 Å². The Morgan fingerprint density at radius 2 is 1.78 bits per heavy atom. The molecule has 146 valence electrons. The Bertz CT molecular complexity index is 686. The van der Waals surface area contributed by atoms with Crippen LogP contribution in [-0.2, 0) is 6.54 Å². The number of benzene rings is 1. The van der Waals surface area contributed by atoms with Crippen molar-refractivity contribution in [2.45, 2.75) is 19.5 Å². The van der Waals surface area contributed by atoms with Gasteiger partial charge in [0.15, 0.2) is 0 Å². The van der Waals surface area contributed by atoms with Gasteiger partial charge < -0.3 is 9.64 Å². The lowest BCUT2D eigenvalue weighted by atomic mass is 10.1. The van der Waals surface area contributed by atoms with Gasteiger partial charge in [-0.15, -0.1) is 0 Å². The minimum atomic E-state index is 0.325. The molecule has 0 saturated carbocycles. The third-order valence-corrected chi connectivity index (χ3v) is 5.50. The number of para-hydroxylation sites is 1. The van der Waals surface area contributed by atoms with Crippen molar-refractivity contribution in [2.24, 2.45) is 0 Å². The van der Waals surface area contributed by atoms with E-state index in [4.69, 9.17) is 4.74 Å². The van der Waals surface area contributed by atoms with Crippen LogP contribution in [0, 0.1) is 0 Å². The second-order valence-corrected chi connectivity index (χ2v) is 7.47. The molecule has 0 N–H and O–H groups in total. The molecule has 1 saturated heterocycles. The Balaban J connectivity index is 1.54. The Hall–Kier alpha value is -1.95. The van der Waals surface area contributed by atoms with Crippen LogP contribution in [0.3, 0.4) is 0 Å². The van der Waals surface area contributed by atoms with Crippen LogP contribution >= 0.6 is 0 Å². The van der Waals surface area contributed by atoms with Gasteiger partial charge in [0, 0.05) is 63.3 Å². The van der Waals surface area contributed by atoms with Gasteiger partial charge in [-0.3, -0.25) is 14.8 Å². The van der Waals surface area contributed by atoms with Crippen LogP contribution in [-0.4, -0.2) is 73.1 Å². The van der Waals surface area contributed by atoms with Gasteiger partial charge >= 0.3 is 0 Å². The van der Waals surface area contributed by atoms with E-state index in [0.29, 0.717) is 6.04 Å². The summed E-state index contributed by atoms with van der Waals surface area (Å²) in [4.78, 5) is 11.3. The zero-order chi connectivity index (χ0) is 19.1. The van der Waals surface area contributed by atoms with Crippen LogP contribution < -0.4 is 4.74 Å². The van der Waals surface area contributed by atoms with Gasteiger partial charge in [-0.1, -0.05) is 18.2 Å². The molecule has 2 heterocycles. The largest absolute Gasteiger partial charge is 0.492 e. The van der Waals surface area contributed by atoms with Crippen molar-refractivity contribution in [3.63, 3.8) is 0 Å². The van der Waals surface area contributed by atoms with Gasteiger partial charge in [-0.05, 0) is 44.8 Å². The summed E-state index contributed by atoms with van der Waals surface area (Å²) in [6.07, 6.45) is 3.71. The molecule has 0 spiro atoms. The molecule has 1 aliphatic heterocycles. The van der Waals surface area contributed by atoms with E-state index >= 15 is 0 Å². The van der Waals surface area contributed by atoms with Crippen LogP contribution in [0.1, 0.15) is 24.1 Å². The summed E-state index contributed by atoms with van der Waals surface area (Å²) < 4.78 is 6.16. The summed E-state index contributed by atoms with van der Waals surface area (Å²) in [6.45, 7) is 9.38. The van der Waals surface area contributed by atoms with E-state index in [1.807, 2.05) is 12.4 Å². The molecular formula is C22H32N4O. The molecule has 27 heavy (non-hydrogen) atoms. The summed E-state index contributed by atoms with van der Waals surface area (Å²) in [6, 6.07) is 12.9. The average molecular weight is 369 g/mol. The fraction of sp³-hybridized carbons (Fsp3) is 0.500. The Labute approximate surface area is 163 Å². The summed E-state index contributed by atoms with van der Waals surface area (Å²) in [5, 5.41) is 0. The first-order valence-electron chi connectivity index (χ1n) is 9.85. The molecule has 1 aromatic heterocycles. The highest BCUT2D eigenvalue weighted by molar-refractivity contribution is 5.33. The number of likely N-dealkylation sites (N-methyl/N-ethyl adjacent to an activating group) is 1. The standard InChI is InChI=1S/C22H32N4O/c1-19(20-8-10-23-11-9-20)25(3)18-21-6-4-5-7-22(21)27-17-16-26-14-12-24(2)13-15-26/h4-11,19H,12-18H2,1-3H3/t19-/m1/s1. The highest BCUT2D eigenvalue weighted by Crippen LogP contribution is 2.24. The lowest BCUT2D eigenvalue weighted by Gasteiger charge is -2.32. The first-order chi connectivity index (χ1) is 13.1. The molecule has 0 radical (unpaired) electrons. The van der Waals surface area contributed by atoms with Crippen molar-refractivity contribution < 1.29 is 4.74 Å². The van der Waals surface area contributed by atoms with E-state index < -0.39 is 0 Å². The fourth-order valence-corrected chi connectivity index (χ4v) is 3.43. The third kappa shape index (κ3) is 5.76. The summed E-state index contributed by atoms with van der Waals surface area (Å²) in [7, 11) is 4.35. The van der Waals surface area contributed by atoms with Gasteiger partial charge in [0.05, 0.1) is 0 Å². The number of hydrogen-bond acceptors (Lipinski definition) is 5. The van der Waals surface area contributed by atoms with Gasteiger partial charge in [-0.2, -0.15) is 0 Å². The highest BCUT2D eigenvalue weighted by Gasteiger charge is 2.15. The Morgan fingerprint density at radius 1 is 1.07 bits per heavy atom. The number of ether oxygens (including phenoxy) is 1. The number of hydrogen-bond donors (Lipinski definition) is 0. The lowest BCUT2D eigenvalue weighted by molar-refractivity contribution is 0.133. The Kier molecular flexibility index (Phi) is 7.21. The van der Waals surface area contributed by atoms with Crippen molar-refractivity contribution in [3.05, 3.63) is 59.9 Å². The summed E-state index contributed by atoms with van der Waals surface area (Å²) in [5.41, 5.74) is 2.51. The molecule has 5 nitrogen and oxygen atoms in total. The zero-order valence-electron chi connectivity index (χ0n) is 16.8. The van der Waals surface area contributed by atoms with E-state index in [-0.39, 0.29) is 0 Å². The van der Waals surface area contributed by atoms with Crippen molar-refractivity contribution in [1.82, 2.24) is 19.7 Å². The second kappa shape index (κ2) is 9.83. The molecule has 5 heteroatoms. The monoisotopic (exact) mass is 368 g/mol. The first-order valence-corrected chi connectivity index (χ1v) is 9.85. The zero-order valence-corrected chi connectivity index (χ0v) is 16.8. The molecule has 2 aromatic rings. The van der Waals surface area contributed by atoms with Crippen molar-refractivity contribution >= 4 is 0 Å². The maximum absolute atomic E-state index is 6.16. The van der Waals surface area contributed by atoms with E-state index in [0.717, 1.165) is 51.6 Å². The number of nitrogens with zero attached hydrogens (tertiary/aromatic N) is 4. The highest BCUT2D eigenvalue weighted by atomic mass is 16.5. The van der Waals surface area contributed by atoms with Gasteiger partial charge in [0.25, 0.3) is 0 Å². The topological polar surface area (TPSA) is 31.8 Å². The molecule has 0 amide bonds. The molecule has 3 rings (SSSR count). The molecule has 1 atom stereocenters. The molecule has 0 bridgehead atoms. The van der Waals surface area contributed by atoms with Crippen LogP contribution in [0.4, 0.5) is 0 Å². The average Bonchev–Trinajstić information content (AvgIpc) is 2.71. The minimum absolute atomic E-state index is 0.325. The fourth-order valence-electron chi connectivity index (χ4n) is 3.43. The SMILES string of the molecule is C[C@H](c1ccncc1)N(C)Cc1ccccc1OCCN1CCN(C)CC1. The molecule has 0 aliphatic carbocycles. The van der Waals surface area contributed by atoms with E-state index in [9.17, 15) is 0 Å². The minimum Gasteiger partial charge on any atom is -0.492 e. The Morgan fingerprint density at radius 3 is 2.52 bits per heavy atom. The van der Waals surface area contributed by atoms with Crippen LogP contribution in [0.2, 0.25) is 0 Å². The molecule has 0 unspecified atom stereocenters. The maximum atomic E-state index is 6.16. The molecule has 1 aromatic carbocycles. The number of aromatic nitrogens is 1. The normalized spacial score (nSPS) is 17.2. The van der Waals surface area contributed by atoms with E-state index in [2.05, 4.69) is 77.1 Å². The number of rotatable bonds is 8. The second-order valence-electron chi connectivity index (χ2n) is 7.47. The molecular weight excluding hydrogens is 336 g/mol. The van der Waals surface area contributed by atoms with Crippen LogP contribution in [0.5, 0.6) is 5.75 Å². The van der Waals surface area contributed by atoms with Crippen molar-refractivity contribution in [2.75, 3.05) is 53.4 Å². The molecule has 1 fully saturated rings. The predicted molar refractivity (Wildman–Crippen MR) is 110 cm³/mol. The van der Waals surface area contributed by atoms with Crippen LogP contribution in [0.25, 0.3) is 0 Å². The summed E-state index contributed by atoms with van der Waals surface area (Å²) >= 11 is 0. The molecule has 1 aliphatic rings. The van der Waals surface area contributed by atoms with Gasteiger partial charge in [-0.25, -0.2) is 0 Å². The van der Waals surface area contributed by atoms with Gasteiger partial charge in [0.2, 0.25) is 0 Å². The lowest BCUT2D eigenvalue weighted by Crippen LogP contribution is -2.45. The third-order valence-electron chi connectivity index (χ3n) is 5.50. The summed E-state index contributed by atoms with van der Waals surface area (Å²) in [5.74, 6) is 1.00. The first kappa shape index (κ1) is 19.8. The van der Waals surface area contributed by atoms with Gasteiger partial charge in [0.1, 0.15) is 12.4 Å². The maximum Gasteiger partial charge on any atom is 0.123 e. The smallest absolute Gasteiger partial charge is 0.123 e. The number of piperazine rings is 1. The number of pyridine rings is 1. The van der Waals surface area contributed by atoms with Crippen LogP contribution in [0.15, 0.2) is 48.8 Å². The van der Waals surface area contributed by atoms with Crippen molar-refractivity contribution in [3.8, 4) is 5.75 Å². The van der Waals surface area contributed by atoms with E-state index in [1.165, 1.54) is 11.1 Å². The predicted octanol–water partition coefficient (Wildman–Crippen LogP) is 2.90.